The second kappa shape index (κ2) is 7.08. The molecule has 6 nitrogen and oxygen atoms in total. The van der Waals surface area contributed by atoms with Crippen LogP contribution in [0.15, 0.2) is 18.3 Å². The van der Waals surface area contributed by atoms with Gasteiger partial charge in [-0.25, -0.2) is 0 Å². The van der Waals surface area contributed by atoms with Crippen molar-refractivity contribution in [3.05, 3.63) is 24.0 Å². The Morgan fingerprint density at radius 2 is 2.35 bits per heavy atom. The number of nitrogens with two attached hydrogens (primary N) is 1. The van der Waals surface area contributed by atoms with E-state index in [0.717, 1.165) is 32.6 Å². The lowest BCUT2D eigenvalue weighted by Crippen LogP contribution is -2.45. The Morgan fingerprint density at radius 1 is 1.50 bits per heavy atom. The quantitative estimate of drug-likeness (QED) is 0.803. The first-order chi connectivity index (χ1) is 9.72. The first kappa shape index (κ1) is 14.6. The van der Waals surface area contributed by atoms with Gasteiger partial charge in [0.15, 0.2) is 0 Å². The third kappa shape index (κ3) is 3.59. The molecular weight excluding hydrogens is 254 g/mol. The molecule has 1 fully saturated rings. The molecule has 1 aromatic rings. The van der Waals surface area contributed by atoms with Crippen molar-refractivity contribution >= 4 is 5.91 Å². The molecule has 0 bridgehead atoms. The number of nitrogens with one attached hydrogen (secondary N) is 1. The first-order valence-electron chi connectivity index (χ1n) is 7.02. The fraction of sp³-hybridized carbons (Fsp3) is 0.571. The number of nitriles is 1. The van der Waals surface area contributed by atoms with Gasteiger partial charge in [0.25, 0.3) is 0 Å². The first-order valence-corrected chi connectivity index (χ1v) is 7.02. The molecule has 1 aromatic heterocycles. The lowest BCUT2D eigenvalue weighted by Gasteiger charge is -2.23. The summed E-state index contributed by atoms with van der Waals surface area (Å²) in [5.41, 5.74) is 6.60. The maximum atomic E-state index is 12.3. The number of hydrogen-bond acceptors (Lipinski definition) is 4. The highest BCUT2D eigenvalue weighted by Crippen LogP contribution is 2.06. The molecule has 1 unspecified atom stereocenters. The van der Waals surface area contributed by atoms with E-state index < -0.39 is 6.04 Å². The Kier molecular flexibility index (Phi) is 5.16. The van der Waals surface area contributed by atoms with Crippen LogP contribution in [-0.2, 0) is 11.3 Å². The van der Waals surface area contributed by atoms with Crippen molar-refractivity contribution in [3.63, 3.8) is 0 Å². The molecule has 20 heavy (non-hydrogen) atoms. The van der Waals surface area contributed by atoms with Crippen LogP contribution in [0.25, 0.3) is 0 Å². The van der Waals surface area contributed by atoms with Gasteiger partial charge in [-0.15, -0.1) is 0 Å². The third-order valence-electron chi connectivity index (χ3n) is 3.59. The number of aromatic nitrogens is 1. The normalized spacial score (nSPS) is 17.3. The van der Waals surface area contributed by atoms with Crippen molar-refractivity contribution in [3.8, 4) is 6.07 Å². The molecule has 0 spiro atoms. The van der Waals surface area contributed by atoms with E-state index in [-0.39, 0.29) is 5.91 Å². The molecule has 1 amide bonds. The van der Waals surface area contributed by atoms with Crippen molar-refractivity contribution in [1.29, 1.82) is 5.26 Å². The zero-order valence-electron chi connectivity index (χ0n) is 11.6. The van der Waals surface area contributed by atoms with E-state index in [4.69, 9.17) is 11.0 Å². The van der Waals surface area contributed by atoms with Crippen LogP contribution >= 0.6 is 0 Å². The minimum Gasteiger partial charge on any atom is -0.340 e. The molecule has 1 aliphatic heterocycles. The number of carbonyl (C=O) groups excluding carboxylic acids is 1. The second-order valence-electron chi connectivity index (χ2n) is 5.02. The molecule has 2 rings (SSSR count). The molecule has 3 N–H and O–H groups in total. The minimum atomic E-state index is -0.498. The lowest BCUT2D eigenvalue weighted by atomic mass is 10.2. The van der Waals surface area contributed by atoms with Crippen molar-refractivity contribution in [2.75, 3.05) is 26.2 Å². The van der Waals surface area contributed by atoms with Gasteiger partial charge in [0.05, 0.1) is 6.04 Å². The zero-order chi connectivity index (χ0) is 14.4. The van der Waals surface area contributed by atoms with E-state index in [1.54, 1.807) is 6.07 Å². The van der Waals surface area contributed by atoms with Gasteiger partial charge in [-0.05, 0) is 31.5 Å². The monoisotopic (exact) mass is 275 g/mol. The van der Waals surface area contributed by atoms with Crippen molar-refractivity contribution < 1.29 is 4.79 Å². The average Bonchev–Trinajstić information content (AvgIpc) is 2.75. The van der Waals surface area contributed by atoms with Crippen LogP contribution in [0.4, 0.5) is 0 Å². The second-order valence-corrected chi connectivity index (χ2v) is 5.02. The highest BCUT2D eigenvalue weighted by molar-refractivity contribution is 5.81. The highest BCUT2D eigenvalue weighted by atomic mass is 16.2. The van der Waals surface area contributed by atoms with Crippen LogP contribution in [-0.4, -0.2) is 47.6 Å². The van der Waals surface area contributed by atoms with Gasteiger partial charge in [-0.2, -0.15) is 5.26 Å². The summed E-state index contributed by atoms with van der Waals surface area (Å²) in [6, 6.07) is 5.20. The summed E-state index contributed by atoms with van der Waals surface area (Å²) < 4.78 is 1.83. The van der Waals surface area contributed by atoms with Crippen LogP contribution in [0.1, 0.15) is 18.5 Å². The average molecular weight is 275 g/mol. The Morgan fingerprint density at radius 3 is 3.15 bits per heavy atom. The van der Waals surface area contributed by atoms with Gasteiger partial charge in [-0.1, -0.05) is 0 Å². The van der Waals surface area contributed by atoms with Crippen LogP contribution in [0.3, 0.4) is 0 Å². The molecule has 0 aliphatic carbocycles. The van der Waals surface area contributed by atoms with Gasteiger partial charge in [0, 0.05) is 32.4 Å². The molecule has 1 aliphatic rings. The van der Waals surface area contributed by atoms with E-state index >= 15 is 0 Å². The van der Waals surface area contributed by atoms with E-state index in [2.05, 4.69) is 11.4 Å². The smallest absolute Gasteiger partial charge is 0.239 e. The summed E-state index contributed by atoms with van der Waals surface area (Å²) in [7, 11) is 0. The topological polar surface area (TPSA) is 87.1 Å². The van der Waals surface area contributed by atoms with Gasteiger partial charge >= 0.3 is 0 Å². The summed E-state index contributed by atoms with van der Waals surface area (Å²) in [5.74, 6) is 0.0133. The highest BCUT2D eigenvalue weighted by Gasteiger charge is 2.21. The molecule has 6 heteroatoms. The minimum absolute atomic E-state index is 0.0133. The van der Waals surface area contributed by atoms with E-state index in [1.807, 2.05) is 21.7 Å². The number of nitrogens with zero attached hydrogens (tertiary/aromatic N) is 3. The summed E-state index contributed by atoms with van der Waals surface area (Å²) in [6.45, 7) is 3.86. The predicted octanol–water partition coefficient (Wildman–Crippen LogP) is -0.101. The number of carbonyl (C=O) groups is 1. The lowest BCUT2D eigenvalue weighted by molar-refractivity contribution is -0.132. The van der Waals surface area contributed by atoms with E-state index in [9.17, 15) is 4.79 Å². The number of hydrogen-bond donors (Lipinski definition) is 2. The van der Waals surface area contributed by atoms with Crippen molar-refractivity contribution in [1.82, 2.24) is 14.8 Å². The van der Waals surface area contributed by atoms with Crippen LogP contribution in [0, 0.1) is 11.3 Å². The maximum Gasteiger partial charge on any atom is 0.239 e. The van der Waals surface area contributed by atoms with E-state index in [0.29, 0.717) is 18.7 Å². The zero-order valence-corrected chi connectivity index (χ0v) is 11.6. The molecular formula is C14H21N5O. The number of amides is 1. The molecule has 1 saturated heterocycles. The molecule has 2 heterocycles. The molecule has 1 atom stereocenters. The van der Waals surface area contributed by atoms with Crippen molar-refractivity contribution in [2.24, 2.45) is 5.73 Å². The largest absolute Gasteiger partial charge is 0.340 e. The summed E-state index contributed by atoms with van der Waals surface area (Å²) in [4.78, 5) is 14.1. The summed E-state index contributed by atoms with van der Waals surface area (Å²) in [6.07, 6.45) is 3.35. The van der Waals surface area contributed by atoms with Gasteiger partial charge < -0.3 is 20.5 Å². The van der Waals surface area contributed by atoms with Gasteiger partial charge in [0.1, 0.15) is 11.8 Å². The van der Waals surface area contributed by atoms with Crippen LogP contribution in [0.5, 0.6) is 0 Å². The molecule has 108 valence electrons. The Labute approximate surface area is 119 Å². The third-order valence-corrected chi connectivity index (χ3v) is 3.59. The molecule has 0 aromatic carbocycles. The summed E-state index contributed by atoms with van der Waals surface area (Å²) in [5, 5.41) is 12.2. The molecule has 0 radical (unpaired) electrons. The van der Waals surface area contributed by atoms with Crippen molar-refractivity contribution in [2.45, 2.75) is 25.4 Å². The van der Waals surface area contributed by atoms with Crippen LogP contribution in [0.2, 0.25) is 0 Å². The Hall–Kier alpha value is -1.84. The fourth-order valence-corrected chi connectivity index (χ4v) is 2.41. The Balaban J connectivity index is 1.86. The fourth-order valence-electron chi connectivity index (χ4n) is 2.41. The summed E-state index contributed by atoms with van der Waals surface area (Å²) >= 11 is 0. The van der Waals surface area contributed by atoms with Crippen LogP contribution < -0.4 is 11.1 Å². The van der Waals surface area contributed by atoms with Gasteiger partial charge in [-0.3, -0.25) is 4.79 Å². The van der Waals surface area contributed by atoms with Gasteiger partial charge in [0.2, 0.25) is 5.91 Å². The Bertz CT molecular complexity index is 482. The van der Waals surface area contributed by atoms with E-state index in [1.165, 1.54) is 0 Å². The molecule has 0 saturated carbocycles. The predicted molar refractivity (Wildman–Crippen MR) is 75.8 cm³/mol. The number of rotatable bonds is 4. The standard InChI is InChI=1S/C14H21N5O/c15-11-12-3-1-7-18(12)9-4-13(16)14(20)19-8-2-5-17-6-10-19/h1,3,7,13,17H,2,4-6,8-10,16H2. The maximum absolute atomic E-state index is 12.3. The SMILES string of the molecule is N#Cc1cccn1CCC(N)C(=O)N1CCCNCC1. The number of aryl methyl sites for hydroxylation is 1.